The molecule has 8 heteroatoms. The highest BCUT2D eigenvalue weighted by Crippen LogP contribution is 2.26. The molecule has 1 heterocycles. The van der Waals surface area contributed by atoms with E-state index in [0.717, 1.165) is 0 Å². The maximum Gasteiger partial charge on any atom is 0.274 e. The zero-order valence-electron chi connectivity index (χ0n) is 10.8. The number of anilines is 1. The molecule has 4 atom stereocenters. The van der Waals surface area contributed by atoms with Gasteiger partial charge in [0.15, 0.2) is 6.23 Å². The van der Waals surface area contributed by atoms with Gasteiger partial charge in [-0.05, 0) is 13.0 Å². The van der Waals surface area contributed by atoms with Crippen LogP contribution >= 0.6 is 0 Å². The van der Waals surface area contributed by atoms with Gasteiger partial charge in [0.25, 0.3) is 5.69 Å². The minimum absolute atomic E-state index is 0.0539. The summed E-state index contributed by atoms with van der Waals surface area (Å²) in [6.07, 6.45) is -4.27. The molecule has 0 unspecified atom stereocenters. The smallest absolute Gasteiger partial charge is 0.274 e. The number of aliphatic hydroxyl groups excluding tert-OH is 3. The van der Waals surface area contributed by atoms with Crippen LogP contribution in [0.15, 0.2) is 18.2 Å². The van der Waals surface area contributed by atoms with Crippen LogP contribution in [-0.2, 0) is 4.74 Å². The van der Waals surface area contributed by atoms with Gasteiger partial charge in [-0.3, -0.25) is 10.1 Å². The molecule has 2 rings (SSSR count). The summed E-state index contributed by atoms with van der Waals surface area (Å²) < 4.78 is 5.24. The van der Waals surface area contributed by atoms with Crippen molar-refractivity contribution in [2.45, 2.75) is 31.5 Å². The van der Waals surface area contributed by atoms with Gasteiger partial charge in [0.1, 0.15) is 18.3 Å². The van der Waals surface area contributed by atoms with E-state index in [4.69, 9.17) is 9.84 Å². The normalized spacial score (nSPS) is 29.4. The van der Waals surface area contributed by atoms with Crippen LogP contribution in [0.3, 0.4) is 0 Å². The summed E-state index contributed by atoms with van der Waals surface area (Å²) in [5.74, 6) is 0. The minimum atomic E-state index is -1.23. The number of aryl methyl sites for hydroxylation is 1. The number of rotatable bonds is 4. The monoisotopic (exact) mass is 284 g/mol. The van der Waals surface area contributed by atoms with Crippen molar-refractivity contribution in [1.82, 2.24) is 0 Å². The van der Waals surface area contributed by atoms with E-state index < -0.39 is 36.1 Å². The Balaban J connectivity index is 2.15. The second-order valence-electron chi connectivity index (χ2n) is 4.66. The maximum absolute atomic E-state index is 10.9. The zero-order chi connectivity index (χ0) is 14.9. The van der Waals surface area contributed by atoms with E-state index in [9.17, 15) is 20.3 Å². The first kappa shape index (κ1) is 14.7. The third-order valence-corrected chi connectivity index (χ3v) is 3.26. The van der Waals surface area contributed by atoms with Gasteiger partial charge in [-0.25, -0.2) is 0 Å². The topological polar surface area (TPSA) is 125 Å². The number of hydrogen-bond donors (Lipinski definition) is 4. The minimum Gasteiger partial charge on any atom is -0.394 e. The van der Waals surface area contributed by atoms with Crippen molar-refractivity contribution >= 4 is 11.4 Å². The van der Waals surface area contributed by atoms with Crippen LogP contribution in [0.4, 0.5) is 11.4 Å². The lowest BCUT2D eigenvalue weighted by molar-refractivity contribution is -0.385. The van der Waals surface area contributed by atoms with Gasteiger partial charge in [-0.2, -0.15) is 0 Å². The predicted octanol–water partition coefficient (Wildman–Crippen LogP) is -0.246. The summed E-state index contributed by atoms with van der Waals surface area (Å²) in [7, 11) is 0. The fourth-order valence-corrected chi connectivity index (χ4v) is 2.08. The van der Waals surface area contributed by atoms with Crippen LogP contribution in [0.1, 0.15) is 5.56 Å². The van der Waals surface area contributed by atoms with Gasteiger partial charge < -0.3 is 25.4 Å². The average Bonchev–Trinajstić information content (AvgIpc) is 2.68. The summed E-state index contributed by atoms with van der Waals surface area (Å²) >= 11 is 0. The van der Waals surface area contributed by atoms with Gasteiger partial charge in [-0.15, -0.1) is 0 Å². The molecule has 0 aromatic heterocycles. The first-order chi connectivity index (χ1) is 9.43. The van der Waals surface area contributed by atoms with Gasteiger partial charge in [0.2, 0.25) is 0 Å². The van der Waals surface area contributed by atoms with Crippen LogP contribution in [0, 0.1) is 17.0 Å². The van der Waals surface area contributed by atoms with Crippen molar-refractivity contribution in [3.8, 4) is 0 Å². The van der Waals surface area contributed by atoms with E-state index in [2.05, 4.69) is 5.32 Å². The summed E-state index contributed by atoms with van der Waals surface area (Å²) in [4.78, 5) is 10.3. The molecular formula is C12H16N2O6. The van der Waals surface area contributed by atoms with Gasteiger partial charge in [0, 0.05) is 17.3 Å². The molecule has 4 N–H and O–H groups in total. The Labute approximate surface area is 114 Å². The van der Waals surface area contributed by atoms with Crippen molar-refractivity contribution in [1.29, 1.82) is 0 Å². The van der Waals surface area contributed by atoms with Crippen molar-refractivity contribution in [3.05, 3.63) is 33.9 Å². The van der Waals surface area contributed by atoms with Gasteiger partial charge in [0.05, 0.1) is 11.5 Å². The third-order valence-electron chi connectivity index (χ3n) is 3.26. The summed E-state index contributed by atoms with van der Waals surface area (Å²) in [6.45, 7) is 1.19. The SMILES string of the molecule is Cc1ccc(N[C@H]2O[C@@H](CO)[C@@H](O)[C@@H]2O)cc1[N+](=O)[O-]. The Morgan fingerprint density at radius 2 is 2.10 bits per heavy atom. The summed E-state index contributed by atoms with van der Waals surface area (Å²) in [6, 6.07) is 4.50. The lowest BCUT2D eigenvalue weighted by Gasteiger charge is -2.17. The Morgan fingerprint density at radius 1 is 1.40 bits per heavy atom. The van der Waals surface area contributed by atoms with Crippen LogP contribution in [-0.4, -0.2) is 51.4 Å². The van der Waals surface area contributed by atoms with E-state index in [1.807, 2.05) is 0 Å². The number of nitro groups is 1. The first-order valence-corrected chi connectivity index (χ1v) is 6.08. The van der Waals surface area contributed by atoms with Crippen LogP contribution in [0.2, 0.25) is 0 Å². The Morgan fingerprint density at radius 3 is 2.65 bits per heavy atom. The maximum atomic E-state index is 10.9. The summed E-state index contributed by atoms with van der Waals surface area (Å²) in [5, 5.41) is 42.0. The predicted molar refractivity (Wildman–Crippen MR) is 69.2 cm³/mol. The van der Waals surface area contributed by atoms with Crippen molar-refractivity contribution < 1.29 is 25.0 Å². The largest absolute Gasteiger partial charge is 0.394 e. The molecule has 0 bridgehead atoms. The summed E-state index contributed by atoms with van der Waals surface area (Å²) in [5.41, 5.74) is 0.848. The van der Waals surface area contributed by atoms with E-state index in [1.54, 1.807) is 19.1 Å². The van der Waals surface area contributed by atoms with Crippen LogP contribution in [0.25, 0.3) is 0 Å². The highest BCUT2D eigenvalue weighted by atomic mass is 16.6. The molecule has 110 valence electrons. The number of hydrogen-bond acceptors (Lipinski definition) is 7. The van der Waals surface area contributed by atoms with Gasteiger partial charge >= 0.3 is 0 Å². The standard InChI is InChI=1S/C12H16N2O6/c1-6-2-3-7(4-8(6)14(18)19)13-12-11(17)10(16)9(5-15)20-12/h2-4,9-13,15-17H,5H2,1H3/t9-,10+,11-,12-/m0/s1. The first-order valence-electron chi connectivity index (χ1n) is 6.08. The van der Waals surface area contributed by atoms with Crippen molar-refractivity contribution in [2.24, 2.45) is 0 Å². The molecule has 1 aromatic carbocycles. The van der Waals surface area contributed by atoms with E-state index in [-0.39, 0.29) is 5.69 Å². The number of nitrogens with zero attached hydrogens (tertiary/aromatic N) is 1. The molecule has 1 aliphatic rings. The number of nitrogens with one attached hydrogen (secondary N) is 1. The van der Waals surface area contributed by atoms with Crippen LogP contribution < -0.4 is 5.32 Å². The van der Waals surface area contributed by atoms with Gasteiger partial charge in [-0.1, -0.05) is 6.07 Å². The highest BCUT2D eigenvalue weighted by Gasteiger charge is 2.42. The van der Waals surface area contributed by atoms with Crippen LogP contribution in [0.5, 0.6) is 0 Å². The fourth-order valence-electron chi connectivity index (χ4n) is 2.08. The van der Waals surface area contributed by atoms with E-state index in [1.165, 1.54) is 6.07 Å². The fraction of sp³-hybridized carbons (Fsp3) is 0.500. The molecule has 1 saturated heterocycles. The molecule has 1 fully saturated rings. The molecule has 0 aliphatic carbocycles. The molecule has 20 heavy (non-hydrogen) atoms. The Bertz CT molecular complexity index is 509. The molecule has 0 spiro atoms. The molecule has 0 saturated carbocycles. The second kappa shape index (κ2) is 5.71. The van der Waals surface area contributed by atoms with Crippen molar-refractivity contribution in [3.63, 3.8) is 0 Å². The lowest BCUT2D eigenvalue weighted by atomic mass is 10.1. The highest BCUT2D eigenvalue weighted by molar-refractivity contribution is 5.55. The zero-order valence-corrected chi connectivity index (χ0v) is 10.8. The number of aliphatic hydroxyl groups is 3. The Hall–Kier alpha value is -1.74. The number of ether oxygens (including phenoxy) is 1. The molecule has 1 aromatic rings. The third kappa shape index (κ3) is 2.73. The molecule has 1 aliphatic heterocycles. The quantitative estimate of drug-likeness (QED) is 0.444. The molecule has 0 radical (unpaired) electrons. The van der Waals surface area contributed by atoms with E-state index >= 15 is 0 Å². The second-order valence-corrected chi connectivity index (χ2v) is 4.66. The molecular weight excluding hydrogens is 268 g/mol. The molecule has 8 nitrogen and oxygen atoms in total. The lowest BCUT2D eigenvalue weighted by Crippen LogP contribution is -2.36. The average molecular weight is 284 g/mol. The van der Waals surface area contributed by atoms with E-state index in [0.29, 0.717) is 11.3 Å². The van der Waals surface area contributed by atoms with Crippen molar-refractivity contribution in [2.75, 3.05) is 11.9 Å². The number of benzene rings is 1. The number of nitro benzene ring substituents is 1. The molecule has 0 amide bonds. The Kier molecular flexibility index (Phi) is 4.19.